The van der Waals surface area contributed by atoms with Gasteiger partial charge in [-0.25, -0.2) is 0 Å². The minimum atomic E-state index is -0.694. The van der Waals surface area contributed by atoms with Gasteiger partial charge in [0.2, 0.25) is 0 Å². The molecule has 1 aliphatic heterocycles. The third-order valence-corrected chi connectivity index (χ3v) is 7.64. The van der Waals surface area contributed by atoms with Gasteiger partial charge in [-0.05, 0) is 5.54 Å². The Bertz CT molecular complexity index is 104. The van der Waals surface area contributed by atoms with Crippen molar-refractivity contribution in [1.29, 1.82) is 0 Å². The highest BCUT2D eigenvalue weighted by atomic mass is 28.3. The molecule has 0 spiro atoms. The zero-order valence-corrected chi connectivity index (χ0v) is 8.80. The monoisotopic (exact) mass is 176 g/mol. The van der Waals surface area contributed by atoms with Gasteiger partial charge >= 0.3 is 0 Å². The summed E-state index contributed by atoms with van der Waals surface area (Å²) in [6.07, 6.45) is 4.53. The van der Waals surface area contributed by atoms with E-state index in [1.165, 1.54) is 19.3 Å². The van der Waals surface area contributed by atoms with Crippen LogP contribution in [0.15, 0.2) is 0 Å². The van der Waals surface area contributed by atoms with Crippen molar-refractivity contribution in [3.05, 3.63) is 0 Å². The first kappa shape index (κ1) is 11.1. The van der Waals surface area contributed by atoms with Crippen LogP contribution in [-0.2, 0) is 0 Å². The van der Waals surface area contributed by atoms with E-state index in [1.807, 2.05) is 0 Å². The summed E-state index contributed by atoms with van der Waals surface area (Å²) in [5.74, 6) is 0. The predicted molar refractivity (Wildman–Crippen MR) is 50.8 cm³/mol. The second kappa shape index (κ2) is 4.90. The SMILES string of the molecule is CC1CCCC[Si]1(C)C.OO. The van der Waals surface area contributed by atoms with Crippen LogP contribution in [0.2, 0.25) is 24.7 Å². The van der Waals surface area contributed by atoms with Crippen LogP contribution in [0.1, 0.15) is 26.2 Å². The zero-order chi connectivity index (χ0) is 8.91. The minimum Gasteiger partial charge on any atom is -0.255 e. The minimum absolute atomic E-state index is 0.694. The molecule has 2 nitrogen and oxygen atoms in total. The summed E-state index contributed by atoms with van der Waals surface area (Å²) in [5, 5.41) is 12.0. The second-order valence-corrected chi connectivity index (χ2v) is 9.60. The summed E-state index contributed by atoms with van der Waals surface area (Å²) in [4.78, 5) is 0. The maximum absolute atomic E-state index is 6.00. The van der Waals surface area contributed by atoms with Gasteiger partial charge in [0.25, 0.3) is 0 Å². The van der Waals surface area contributed by atoms with Gasteiger partial charge in [-0.2, -0.15) is 0 Å². The van der Waals surface area contributed by atoms with Crippen LogP contribution in [0.5, 0.6) is 0 Å². The number of rotatable bonds is 0. The standard InChI is InChI=1S/C8H18Si.H2O2/c1-8-6-4-5-7-9(8,2)3;1-2/h8H,4-7H2,1-3H3;1-2H. The number of hydrogen-bond acceptors (Lipinski definition) is 2. The lowest BCUT2D eigenvalue weighted by atomic mass is 10.2. The van der Waals surface area contributed by atoms with E-state index in [9.17, 15) is 0 Å². The first-order valence-corrected chi connectivity index (χ1v) is 7.61. The van der Waals surface area contributed by atoms with E-state index in [2.05, 4.69) is 20.0 Å². The molecule has 0 aromatic rings. The van der Waals surface area contributed by atoms with Crippen molar-refractivity contribution in [2.45, 2.75) is 50.9 Å². The summed E-state index contributed by atoms with van der Waals surface area (Å²) in [5.41, 5.74) is 1.09. The third kappa shape index (κ3) is 3.36. The molecule has 2 N–H and O–H groups in total. The van der Waals surface area contributed by atoms with Crippen molar-refractivity contribution in [1.82, 2.24) is 0 Å². The molecule has 1 rings (SSSR count). The summed E-state index contributed by atoms with van der Waals surface area (Å²) in [7, 11) is -0.694. The Morgan fingerprint density at radius 1 is 1.18 bits per heavy atom. The van der Waals surface area contributed by atoms with Crippen LogP contribution < -0.4 is 0 Å². The summed E-state index contributed by atoms with van der Waals surface area (Å²) >= 11 is 0. The fourth-order valence-corrected chi connectivity index (χ4v) is 4.31. The summed E-state index contributed by atoms with van der Waals surface area (Å²) in [6.45, 7) is 7.53. The highest BCUT2D eigenvalue weighted by Crippen LogP contribution is 2.36. The van der Waals surface area contributed by atoms with Crippen LogP contribution in [-0.4, -0.2) is 18.6 Å². The molecule has 1 heterocycles. The van der Waals surface area contributed by atoms with Crippen LogP contribution in [0.25, 0.3) is 0 Å². The normalized spacial score (nSPS) is 28.6. The predicted octanol–water partition coefficient (Wildman–Crippen LogP) is 3.29. The van der Waals surface area contributed by atoms with Crippen LogP contribution in [0.4, 0.5) is 0 Å². The fraction of sp³-hybridized carbons (Fsp3) is 1.00. The van der Waals surface area contributed by atoms with Gasteiger partial charge in [-0.15, -0.1) is 0 Å². The molecule has 0 bridgehead atoms. The highest BCUT2D eigenvalue weighted by molar-refractivity contribution is 6.78. The van der Waals surface area contributed by atoms with Crippen molar-refractivity contribution in [2.24, 2.45) is 0 Å². The first-order chi connectivity index (χ1) is 5.13. The Hall–Kier alpha value is 0.137. The average molecular weight is 176 g/mol. The van der Waals surface area contributed by atoms with Crippen LogP contribution in [0, 0.1) is 0 Å². The fourth-order valence-electron chi connectivity index (χ4n) is 1.67. The first-order valence-electron chi connectivity index (χ1n) is 4.33. The van der Waals surface area contributed by atoms with E-state index in [1.54, 1.807) is 6.04 Å². The van der Waals surface area contributed by atoms with Crippen LogP contribution >= 0.6 is 0 Å². The smallest absolute Gasteiger partial charge is 0.0502 e. The summed E-state index contributed by atoms with van der Waals surface area (Å²) < 4.78 is 0. The van der Waals surface area contributed by atoms with Gasteiger partial charge in [-0.3, -0.25) is 10.5 Å². The third-order valence-electron chi connectivity index (χ3n) is 3.04. The molecule has 11 heavy (non-hydrogen) atoms. The maximum atomic E-state index is 6.00. The number of hydrogen-bond donors (Lipinski definition) is 2. The van der Waals surface area contributed by atoms with Crippen LogP contribution in [0.3, 0.4) is 0 Å². The topological polar surface area (TPSA) is 40.5 Å². The lowest BCUT2D eigenvalue weighted by molar-refractivity contribution is -0.176. The largest absolute Gasteiger partial charge is 0.255 e. The molecule has 0 aliphatic carbocycles. The highest BCUT2D eigenvalue weighted by Gasteiger charge is 2.30. The lowest BCUT2D eigenvalue weighted by Crippen LogP contribution is -2.33. The van der Waals surface area contributed by atoms with Gasteiger partial charge in [0.05, 0.1) is 8.07 Å². The van der Waals surface area contributed by atoms with Gasteiger partial charge < -0.3 is 0 Å². The molecular weight excluding hydrogens is 156 g/mol. The molecule has 0 radical (unpaired) electrons. The van der Waals surface area contributed by atoms with E-state index in [4.69, 9.17) is 10.5 Å². The average Bonchev–Trinajstić information content (AvgIpc) is 2.00. The van der Waals surface area contributed by atoms with Gasteiger partial charge in [0.15, 0.2) is 0 Å². The van der Waals surface area contributed by atoms with E-state index in [0.717, 1.165) is 5.54 Å². The van der Waals surface area contributed by atoms with E-state index in [-0.39, 0.29) is 0 Å². The Morgan fingerprint density at radius 3 is 2.00 bits per heavy atom. The molecule has 1 unspecified atom stereocenters. The van der Waals surface area contributed by atoms with Gasteiger partial charge in [0.1, 0.15) is 0 Å². The molecule has 0 aromatic carbocycles. The molecule has 68 valence electrons. The molecule has 3 heteroatoms. The van der Waals surface area contributed by atoms with Crippen molar-refractivity contribution >= 4 is 8.07 Å². The lowest BCUT2D eigenvalue weighted by Gasteiger charge is -2.34. The van der Waals surface area contributed by atoms with Gasteiger partial charge in [0, 0.05) is 0 Å². The molecular formula is C8H20O2Si. The second-order valence-electron chi connectivity index (χ2n) is 4.14. The molecule has 0 aromatic heterocycles. The Labute approximate surface area is 70.2 Å². The molecule has 0 amide bonds. The molecule has 1 atom stereocenters. The zero-order valence-electron chi connectivity index (χ0n) is 7.80. The molecule has 1 fully saturated rings. The Balaban J connectivity index is 0.000000461. The van der Waals surface area contributed by atoms with Crippen molar-refractivity contribution < 1.29 is 10.5 Å². The van der Waals surface area contributed by atoms with E-state index < -0.39 is 8.07 Å². The molecule has 1 aliphatic rings. The van der Waals surface area contributed by atoms with Crippen molar-refractivity contribution in [2.75, 3.05) is 0 Å². The van der Waals surface area contributed by atoms with E-state index in [0.29, 0.717) is 0 Å². The summed E-state index contributed by atoms with van der Waals surface area (Å²) in [6, 6.07) is 1.58. The van der Waals surface area contributed by atoms with Crippen molar-refractivity contribution in [3.8, 4) is 0 Å². The quantitative estimate of drug-likeness (QED) is 0.338. The van der Waals surface area contributed by atoms with E-state index >= 15 is 0 Å². The molecule has 0 saturated carbocycles. The van der Waals surface area contributed by atoms with Gasteiger partial charge in [-0.1, -0.05) is 45.3 Å². The molecule has 1 saturated heterocycles. The Morgan fingerprint density at radius 2 is 1.73 bits per heavy atom. The maximum Gasteiger partial charge on any atom is 0.0502 e. The van der Waals surface area contributed by atoms with Crippen molar-refractivity contribution in [3.63, 3.8) is 0 Å². The Kier molecular flexibility index (Phi) is 4.96.